The molecule has 6 heteroatoms. The van der Waals surface area contributed by atoms with Gasteiger partial charge in [-0.25, -0.2) is 0 Å². The van der Waals surface area contributed by atoms with Gasteiger partial charge in [0.15, 0.2) is 0 Å². The number of carbonyl (C=O) groups excluding carboxylic acids is 1. The fraction of sp³-hybridized carbons (Fsp3) is 0.417. The molecule has 1 atom stereocenters. The number of halogens is 1. The predicted molar refractivity (Wildman–Crippen MR) is 74.9 cm³/mol. The summed E-state index contributed by atoms with van der Waals surface area (Å²) < 4.78 is 11.9. The molecule has 1 unspecified atom stereocenters. The van der Waals surface area contributed by atoms with Crippen LogP contribution in [-0.2, 0) is 16.6 Å². The second kappa shape index (κ2) is 5.82. The summed E-state index contributed by atoms with van der Waals surface area (Å²) in [6.45, 7) is 3.64. The van der Waals surface area contributed by atoms with Crippen LogP contribution in [0.3, 0.4) is 0 Å². The summed E-state index contributed by atoms with van der Waals surface area (Å²) in [7, 11) is -1.09. The molecule has 0 saturated heterocycles. The maximum atomic E-state index is 11.9. The molecule has 0 spiro atoms. The minimum Gasteiger partial charge on any atom is -0.366 e. The number of hydrogen-bond acceptors (Lipinski definition) is 3. The van der Waals surface area contributed by atoms with E-state index < -0.39 is 22.2 Å². The first-order valence-corrected chi connectivity index (χ1v) is 7.28. The fourth-order valence-corrected chi connectivity index (χ4v) is 3.31. The highest BCUT2D eigenvalue weighted by molar-refractivity contribution is 7.84. The summed E-state index contributed by atoms with van der Waals surface area (Å²) in [4.78, 5) is 11.0. The van der Waals surface area contributed by atoms with Gasteiger partial charge in [-0.2, -0.15) is 0 Å². The van der Waals surface area contributed by atoms with Gasteiger partial charge in [-0.15, -0.1) is 0 Å². The zero-order valence-electron chi connectivity index (χ0n) is 10.4. The third kappa shape index (κ3) is 4.76. The number of amides is 1. The van der Waals surface area contributed by atoms with Gasteiger partial charge in [-0.05, 0) is 31.5 Å². The van der Waals surface area contributed by atoms with Crippen molar-refractivity contribution >= 4 is 28.3 Å². The molecule has 0 radical (unpaired) electrons. The van der Waals surface area contributed by atoms with E-state index in [0.29, 0.717) is 22.1 Å². The number of primary amides is 1. The fourth-order valence-electron chi connectivity index (χ4n) is 1.46. The topological polar surface area (TPSA) is 86.2 Å². The van der Waals surface area contributed by atoms with E-state index in [1.54, 1.807) is 12.1 Å². The Morgan fingerprint density at radius 2 is 2.06 bits per heavy atom. The predicted octanol–water partition coefficient (Wildman–Crippen LogP) is 1.42. The van der Waals surface area contributed by atoms with Crippen LogP contribution in [-0.4, -0.2) is 21.4 Å². The average Bonchev–Trinajstić information content (AvgIpc) is 2.17. The van der Waals surface area contributed by atoms with Crippen molar-refractivity contribution in [2.24, 2.45) is 11.5 Å². The third-order valence-electron chi connectivity index (χ3n) is 2.19. The first kappa shape index (κ1) is 15.1. The number of rotatable bonds is 5. The van der Waals surface area contributed by atoms with Gasteiger partial charge in [0.25, 0.3) is 0 Å². The molecular formula is C12H17ClN2O2S. The van der Waals surface area contributed by atoms with Gasteiger partial charge >= 0.3 is 0 Å². The summed E-state index contributed by atoms with van der Waals surface area (Å²) in [5.41, 5.74) is 11.5. The lowest BCUT2D eigenvalue weighted by atomic mass is 10.1. The van der Waals surface area contributed by atoms with E-state index in [2.05, 4.69) is 0 Å². The lowest BCUT2D eigenvalue weighted by Gasteiger charge is -2.17. The molecule has 4 N–H and O–H groups in total. The van der Waals surface area contributed by atoms with Gasteiger partial charge in [0.2, 0.25) is 5.91 Å². The highest BCUT2D eigenvalue weighted by atomic mass is 35.5. The Morgan fingerprint density at radius 1 is 1.44 bits per heavy atom. The van der Waals surface area contributed by atoms with Crippen LogP contribution < -0.4 is 11.5 Å². The van der Waals surface area contributed by atoms with Gasteiger partial charge in [-0.1, -0.05) is 17.7 Å². The molecule has 0 bridgehead atoms. The number of carbonyl (C=O) groups is 1. The van der Waals surface area contributed by atoms with Crippen LogP contribution in [0.25, 0.3) is 0 Å². The summed E-state index contributed by atoms with van der Waals surface area (Å²) >= 11 is 6.02. The molecule has 1 aromatic carbocycles. The highest BCUT2D eigenvalue weighted by Gasteiger charge is 2.16. The van der Waals surface area contributed by atoms with E-state index in [9.17, 15) is 9.00 Å². The molecule has 100 valence electrons. The summed E-state index contributed by atoms with van der Waals surface area (Å²) in [6.07, 6.45) is 0. The number of hydrogen-bond donors (Lipinski definition) is 2. The van der Waals surface area contributed by atoms with Crippen LogP contribution >= 0.6 is 11.6 Å². The largest absolute Gasteiger partial charge is 0.366 e. The Balaban J connectivity index is 2.80. The van der Waals surface area contributed by atoms with Crippen LogP contribution in [0.2, 0.25) is 5.02 Å². The van der Waals surface area contributed by atoms with Crippen LogP contribution in [0.4, 0.5) is 0 Å². The van der Waals surface area contributed by atoms with Crippen molar-refractivity contribution in [2.45, 2.75) is 25.1 Å². The molecule has 0 aliphatic rings. The smallest absolute Gasteiger partial charge is 0.248 e. The van der Waals surface area contributed by atoms with Crippen molar-refractivity contribution < 1.29 is 9.00 Å². The van der Waals surface area contributed by atoms with Crippen molar-refractivity contribution in [3.8, 4) is 0 Å². The van der Waals surface area contributed by atoms with E-state index in [-0.39, 0.29) is 0 Å². The molecule has 18 heavy (non-hydrogen) atoms. The second-order valence-corrected chi connectivity index (χ2v) is 6.75. The molecule has 1 aromatic rings. The summed E-state index contributed by atoms with van der Waals surface area (Å²) in [5, 5.41) is 0.398. The lowest BCUT2D eigenvalue weighted by molar-refractivity contribution is 0.100. The van der Waals surface area contributed by atoms with Gasteiger partial charge in [0.1, 0.15) is 0 Å². The summed E-state index contributed by atoms with van der Waals surface area (Å²) in [6, 6.07) is 4.74. The van der Waals surface area contributed by atoms with E-state index in [0.717, 1.165) is 5.56 Å². The Hall–Kier alpha value is -0.910. The molecule has 1 amide bonds. The van der Waals surface area contributed by atoms with Gasteiger partial charge in [-0.3, -0.25) is 9.00 Å². The SMILES string of the molecule is CC(C)(N)CS(=O)Cc1ccc(C(N)=O)cc1Cl. The molecule has 1 rings (SSSR count). The zero-order valence-corrected chi connectivity index (χ0v) is 12.0. The van der Waals surface area contributed by atoms with Gasteiger partial charge in [0.05, 0.1) is 5.75 Å². The monoisotopic (exact) mass is 288 g/mol. The maximum absolute atomic E-state index is 11.9. The second-order valence-electron chi connectivity index (χ2n) is 4.89. The van der Waals surface area contributed by atoms with Crippen LogP contribution in [0.5, 0.6) is 0 Å². The van der Waals surface area contributed by atoms with E-state index >= 15 is 0 Å². The number of nitrogens with two attached hydrogens (primary N) is 2. The zero-order chi connectivity index (χ0) is 13.9. The minimum absolute atomic E-state index is 0.318. The van der Waals surface area contributed by atoms with Crippen molar-refractivity contribution in [3.05, 3.63) is 34.3 Å². The summed E-state index contributed by atoms with van der Waals surface area (Å²) in [5.74, 6) is 0.173. The molecule has 0 aliphatic carbocycles. The number of benzene rings is 1. The van der Waals surface area contributed by atoms with Gasteiger partial charge < -0.3 is 11.5 Å². The Kier molecular flexibility index (Phi) is 4.90. The van der Waals surface area contributed by atoms with Crippen LogP contribution in [0.1, 0.15) is 29.8 Å². The highest BCUT2D eigenvalue weighted by Crippen LogP contribution is 2.20. The van der Waals surface area contributed by atoms with Crippen LogP contribution in [0, 0.1) is 0 Å². The minimum atomic E-state index is -1.09. The molecule has 0 fully saturated rings. The third-order valence-corrected chi connectivity index (χ3v) is 4.24. The van der Waals surface area contributed by atoms with Crippen molar-refractivity contribution in [1.82, 2.24) is 0 Å². The molecule has 0 heterocycles. The van der Waals surface area contributed by atoms with Gasteiger partial charge in [0, 0.05) is 32.7 Å². The molecule has 4 nitrogen and oxygen atoms in total. The Labute approximate surface area is 114 Å². The van der Waals surface area contributed by atoms with Crippen LogP contribution in [0.15, 0.2) is 18.2 Å². The quantitative estimate of drug-likeness (QED) is 0.859. The standard InChI is InChI=1S/C12H17ClN2O2S/c1-12(2,15)7-18(17)6-9-4-3-8(11(14)16)5-10(9)13/h3-5H,6-7,15H2,1-2H3,(H2,14,16). The molecule has 0 aliphatic heterocycles. The van der Waals surface area contributed by atoms with E-state index in [4.69, 9.17) is 23.1 Å². The first-order chi connectivity index (χ1) is 8.19. The Bertz CT molecular complexity index is 483. The maximum Gasteiger partial charge on any atom is 0.248 e. The average molecular weight is 289 g/mol. The van der Waals surface area contributed by atoms with E-state index in [1.165, 1.54) is 6.07 Å². The van der Waals surface area contributed by atoms with Crippen molar-refractivity contribution in [3.63, 3.8) is 0 Å². The Morgan fingerprint density at radius 3 is 2.50 bits per heavy atom. The van der Waals surface area contributed by atoms with E-state index in [1.807, 2.05) is 13.8 Å². The molecule has 0 aromatic heterocycles. The molecular weight excluding hydrogens is 272 g/mol. The normalized spacial score (nSPS) is 13.3. The molecule has 0 saturated carbocycles. The van der Waals surface area contributed by atoms with Crippen molar-refractivity contribution in [1.29, 1.82) is 0 Å². The first-order valence-electron chi connectivity index (χ1n) is 5.41. The van der Waals surface area contributed by atoms with Crippen molar-refractivity contribution in [2.75, 3.05) is 5.75 Å². The lowest BCUT2D eigenvalue weighted by Crippen LogP contribution is -2.38.